The second kappa shape index (κ2) is 4.28. The van der Waals surface area contributed by atoms with Gasteiger partial charge < -0.3 is 10.5 Å². The first-order chi connectivity index (χ1) is 4.57. The van der Waals surface area contributed by atoms with E-state index in [0.717, 1.165) is 0 Å². The summed E-state index contributed by atoms with van der Waals surface area (Å²) in [5.74, 6) is -0.262. The van der Waals surface area contributed by atoms with Gasteiger partial charge in [0.15, 0.2) is 0 Å². The van der Waals surface area contributed by atoms with Gasteiger partial charge in [0.2, 0.25) is 0 Å². The molecular weight excluding hydrogens is 130 g/mol. The maximum Gasteiger partial charge on any atom is 0.308 e. The summed E-state index contributed by atoms with van der Waals surface area (Å²) in [6, 6.07) is 0.0640. The first-order valence-electron chi connectivity index (χ1n) is 3.41. The van der Waals surface area contributed by atoms with Crippen LogP contribution in [0, 0.1) is 5.92 Å². The van der Waals surface area contributed by atoms with Crippen LogP contribution in [0.4, 0.5) is 0 Å². The van der Waals surface area contributed by atoms with Crippen LogP contribution in [0.2, 0.25) is 0 Å². The van der Waals surface area contributed by atoms with Crippen LogP contribution in [-0.2, 0) is 9.53 Å². The van der Waals surface area contributed by atoms with Crippen molar-refractivity contribution >= 4 is 5.97 Å². The molecule has 60 valence electrons. The maximum atomic E-state index is 10.8. The summed E-state index contributed by atoms with van der Waals surface area (Å²) in [5, 5.41) is 0. The Bertz CT molecular complexity index is 112. The third kappa shape index (κ3) is 3.45. The summed E-state index contributed by atoms with van der Waals surface area (Å²) >= 11 is 0. The van der Waals surface area contributed by atoms with Crippen molar-refractivity contribution in [3.8, 4) is 0 Å². The Labute approximate surface area is 61.5 Å². The summed E-state index contributed by atoms with van der Waals surface area (Å²) in [7, 11) is 1.39. The molecule has 0 spiro atoms. The van der Waals surface area contributed by atoms with Crippen LogP contribution in [-0.4, -0.2) is 19.1 Å². The van der Waals surface area contributed by atoms with Crippen molar-refractivity contribution in [2.45, 2.75) is 26.3 Å². The minimum absolute atomic E-state index is 0.0640. The quantitative estimate of drug-likeness (QED) is 0.589. The van der Waals surface area contributed by atoms with Crippen molar-refractivity contribution < 1.29 is 9.53 Å². The van der Waals surface area contributed by atoms with Crippen LogP contribution in [0.3, 0.4) is 0 Å². The molecule has 0 aliphatic rings. The lowest BCUT2D eigenvalue weighted by Gasteiger charge is -2.10. The van der Waals surface area contributed by atoms with Gasteiger partial charge in [0.1, 0.15) is 0 Å². The Kier molecular flexibility index (Phi) is 4.03. The molecule has 0 aliphatic heterocycles. The Morgan fingerprint density at radius 2 is 2.10 bits per heavy atom. The summed E-state index contributed by atoms with van der Waals surface area (Å²) in [6.45, 7) is 3.69. The Hall–Kier alpha value is -0.570. The highest BCUT2D eigenvalue weighted by atomic mass is 16.5. The van der Waals surface area contributed by atoms with Gasteiger partial charge in [-0.15, -0.1) is 0 Å². The van der Waals surface area contributed by atoms with Gasteiger partial charge in [-0.1, -0.05) is 6.92 Å². The number of hydrogen-bond donors (Lipinski definition) is 1. The molecule has 2 atom stereocenters. The molecule has 0 amide bonds. The maximum absolute atomic E-state index is 10.8. The van der Waals surface area contributed by atoms with Crippen molar-refractivity contribution in [3.05, 3.63) is 0 Å². The molecular formula is C7H15NO2. The van der Waals surface area contributed by atoms with E-state index in [9.17, 15) is 4.79 Å². The summed E-state index contributed by atoms with van der Waals surface area (Å²) in [6.07, 6.45) is 0.687. The highest BCUT2D eigenvalue weighted by Crippen LogP contribution is 2.05. The number of hydrogen-bond acceptors (Lipinski definition) is 3. The molecule has 0 fully saturated rings. The third-order valence-corrected chi connectivity index (χ3v) is 1.33. The normalized spacial score (nSPS) is 16.0. The number of carbonyl (C=O) groups excluding carboxylic acids is 1. The van der Waals surface area contributed by atoms with Crippen LogP contribution < -0.4 is 5.73 Å². The third-order valence-electron chi connectivity index (χ3n) is 1.33. The van der Waals surface area contributed by atoms with E-state index in [1.54, 1.807) is 0 Å². The highest BCUT2D eigenvalue weighted by Gasteiger charge is 2.13. The fourth-order valence-corrected chi connectivity index (χ4v) is 0.855. The number of ether oxygens (including phenoxy) is 1. The average molecular weight is 145 g/mol. The molecule has 0 rings (SSSR count). The van der Waals surface area contributed by atoms with Crippen molar-refractivity contribution in [2.75, 3.05) is 7.11 Å². The molecule has 3 heteroatoms. The van der Waals surface area contributed by atoms with Crippen molar-refractivity contribution in [1.29, 1.82) is 0 Å². The van der Waals surface area contributed by atoms with Gasteiger partial charge in [-0.3, -0.25) is 4.79 Å². The molecule has 0 saturated carbocycles. The molecule has 0 saturated heterocycles. The van der Waals surface area contributed by atoms with Crippen molar-refractivity contribution in [2.24, 2.45) is 11.7 Å². The molecule has 0 heterocycles. The molecule has 2 N–H and O–H groups in total. The Balaban J connectivity index is 3.61. The second-order valence-electron chi connectivity index (χ2n) is 2.64. The van der Waals surface area contributed by atoms with Crippen molar-refractivity contribution in [3.63, 3.8) is 0 Å². The van der Waals surface area contributed by atoms with E-state index in [1.807, 2.05) is 13.8 Å². The zero-order valence-electron chi connectivity index (χ0n) is 6.76. The number of carbonyl (C=O) groups is 1. The van der Waals surface area contributed by atoms with E-state index < -0.39 is 0 Å². The molecule has 2 unspecified atom stereocenters. The predicted molar refractivity (Wildman–Crippen MR) is 39.4 cm³/mol. The Morgan fingerprint density at radius 1 is 1.60 bits per heavy atom. The lowest BCUT2D eigenvalue weighted by Crippen LogP contribution is -2.23. The zero-order valence-corrected chi connectivity index (χ0v) is 6.76. The number of rotatable bonds is 3. The molecule has 0 aromatic heterocycles. The molecule has 0 aromatic rings. The molecule has 10 heavy (non-hydrogen) atoms. The number of esters is 1. The fraction of sp³-hybridized carbons (Fsp3) is 0.857. The molecule has 0 aliphatic carbocycles. The summed E-state index contributed by atoms with van der Waals surface area (Å²) in [4.78, 5) is 10.8. The monoisotopic (exact) mass is 145 g/mol. The van der Waals surface area contributed by atoms with Gasteiger partial charge in [-0.25, -0.2) is 0 Å². The van der Waals surface area contributed by atoms with Crippen molar-refractivity contribution in [1.82, 2.24) is 0 Å². The number of nitrogens with two attached hydrogens (primary N) is 1. The minimum atomic E-state index is -0.183. The van der Waals surface area contributed by atoms with Crippen LogP contribution in [0.5, 0.6) is 0 Å². The molecule has 0 aromatic carbocycles. The van der Waals surface area contributed by atoms with Crippen LogP contribution in [0.15, 0.2) is 0 Å². The second-order valence-corrected chi connectivity index (χ2v) is 2.64. The smallest absolute Gasteiger partial charge is 0.308 e. The van der Waals surface area contributed by atoms with Gasteiger partial charge in [-0.2, -0.15) is 0 Å². The van der Waals surface area contributed by atoms with Gasteiger partial charge in [-0.05, 0) is 13.3 Å². The summed E-state index contributed by atoms with van der Waals surface area (Å²) in [5.41, 5.74) is 5.48. The van der Waals surface area contributed by atoms with Crippen LogP contribution >= 0.6 is 0 Å². The van der Waals surface area contributed by atoms with Gasteiger partial charge in [0.05, 0.1) is 13.0 Å². The molecule has 0 bridgehead atoms. The van der Waals surface area contributed by atoms with E-state index in [1.165, 1.54) is 7.11 Å². The van der Waals surface area contributed by atoms with E-state index in [2.05, 4.69) is 4.74 Å². The molecule has 3 nitrogen and oxygen atoms in total. The van der Waals surface area contributed by atoms with Gasteiger partial charge in [0.25, 0.3) is 0 Å². The van der Waals surface area contributed by atoms with E-state index in [-0.39, 0.29) is 17.9 Å². The lowest BCUT2D eigenvalue weighted by molar-refractivity contribution is -0.145. The highest BCUT2D eigenvalue weighted by molar-refractivity contribution is 5.71. The minimum Gasteiger partial charge on any atom is -0.469 e. The van der Waals surface area contributed by atoms with Crippen LogP contribution in [0.25, 0.3) is 0 Å². The first kappa shape index (κ1) is 9.43. The van der Waals surface area contributed by atoms with E-state index in [4.69, 9.17) is 5.73 Å². The van der Waals surface area contributed by atoms with E-state index >= 15 is 0 Å². The van der Waals surface area contributed by atoms with Gasteiger partial charge in [0, 0.05) is 6.04 Å². The SMILES string of the molecule is COC(=O)C(C)CC(C)N. The lowest BCUT2D eigenvalue weighted by atomic mass is 10.0. The average Bonchev–Trinajstić information content (AvgIpc) is 1.85. The van der Waals surface area contributed by atoms with Gasteiger partial charge >= 0.3 is 5.97 Å². The summed E-state index contributed by atoms with van der Waals surface area (Å²) < 4.78 is 4.52. The largest absolute Gasteiger partial charge is 0.469 e. The molecule has 0 radical (unpaired) electrons. The van der Waals surface area contributed by atoms with Crippen LogP contribution in [0.1, 0.15) is 20.3 Å². The zero-order chi connectivity index (χ0) is 8.15. The Morgan fingerprint density at radius 3 is 2.40 bits per heavy atom. The standard InChI is InChI=1S/C7H15NO2/c1-5(4-6(2)8)7(9)10-3/h5-6H,4,8H2,1-3H3. The topological polar surface area (TPSA) is 52.3 Å². The predicted octanol–water partition coefficient (Wildman–Crippen LogP) is 0.533. The number of methoxy groups -OCH3 is 1. The fourth-order valence-electron chi connectivity index (χ4n) is 0.855. The first-order valence-corrected chi connectivity index (χ1v) is 3.41. The van der Waals surface area contributed by atoms with E-state index in [0.29, 0.717) is 6.42 Å².